The fourth-order valence-electron chi connectivity index (χ4n) is 4.46. The molecular weight excluding hydrogens is 430 g/mol. The van der Waals surface area contributed by atoms with E-state index in [9.17, 15) is 0 Å². The van der Waals surface area contributed by atoms with Crippen LogP contribution >= 0.6 is 17.0 Å². The maximum absolute atomic E-state index is 5.53. The van der Waals surface area contributed by atoms with E-state index in [2.05, 4.69) is 6.92 Å². The maximum Gasteiger partial charge on any atom is -0.00773 e. The fourth-order valence-corrected chi connectivity index (χ4v) is 4.46. The summed E-state index contributed by atoms with van der Waals surface area (Å²) in [7, 11) is 0. The quantitative estimate of drug-likeness (QED) is 0.120. The first kappa shape index (κ1) is 32.6. The van der Waals surface area contributed by atoms with E-state index in [1.807, 2.05) is 0 Å². The Morgan fingerprint density at radius 2 is 0.467 bits per heavy atom. The van der Waals surface area contributed by atoms with Gasteiger partial charge in [0.15, 0.2) is 0 Å². The van der Waals surface area contributed by atoms with Crippen molar-refractivity contribution in [2.75, 3.05) is 6.54 Å². The van der Waals surface area contributed by atoms with E-state index < -0.39 is 0 Å². The van der Waals surface area contributed by atoms with Crippen molar-refractivity contribution in [2.45, 2.75) is 174 Å². The number of rotatable bonds is 26. The maximum atomic E-state index is 5.53. The summed E-state index contributed by atoms with van der Waals surface area (Å²) in [5.41, 5.74) is 5.53. The van der Waals surface area contributed by atoms with Gasteiger partial charge in [-0.15, -0.1) is 17.0 Å². The largest absolute Gasteiger partial charge is 0.330 e. The van der Waals surface area contributed by atoms with Crippen LogP contribution in [-0.2, 0) is 0 Å². The van der Waals surface area contributed by atoms with Crippen LogP contribution in [0.3, 0.4) is 0 Å². The molecule has 30 heavy (non-hydrogen) atoms. The molecule has 0 aromatic carbocycles. The van der Waals surface area contributed by atoms with Crippen LogP contribution in [0.25, 0.3) is 0 Å². The summed E-state index contributed by atoms with van der Waals surface area (Å²) in [5.74, 6) is 0. The van der Waals surface area contributed by atoms with E-state index in [4.69, 9.17) is 5.73 Å². The molecule has 0 aromatic heterocycles. The van der Waals surface area contributed by atoms with Crippen molar-refractivity contribution in [1.82, 2.24) is 0 Å². The van der Waals surface area contributed by atoms with Crippen LogP contribution in [0, 0.1) is 0 Å². The number of halogens is 1. The standard InChI is InChI=1S/C28H59N.BrH/c1-2-3-4-5-6-7-8-9-10-11-12-13-14-15-16-17-18-19-20-21-22-23-24-25-26-27-28-29;/h2-29H2,1H3;1H. The number of hydrogen-bond acceptors (Lipinski definition) is 1. The molecule has 0 aliphatic carbocycles. The highest BCUT2D eigenvalue weighted by Gasteiger charge is 1.96. The van der Waals surface area contributed by atoms with Gasteiger partial charge < -0.3 is 5.73 Å². The van der Waals surface area contributed by atoms with Gasteiger partial charge in [-0.1, -0.05) is 167 Å². The molecule has 0 aliphatic heterocycles. The van der Waals surface area contributed by atoms with E-state index in [0.717, 1.165) is 6.54 Å². The van der Waals surface area contributed by atoms with Gasteiger partial charge in [-0.25, -0.2) is 0 Å². The number of unbranched alkanes of at least 4 members (excludes halogenated alkanes) is 25. The zero-order valence-corrected chi connectivity index (χ0v) is 22.8. The number of nitrogens with two attached hydrogens (primary N) is 1. The Hall–Kier alpha value is 0.440. The summed E-state index contributed by atoms with van der Waals surface area (Å²) in [4.78, 5) is 0. The molecule has 0 unspecified atom stereocenters. The van der Waals surface area contributed by atoms with Crippen LogP contribution in [0.15, 0.2) is 0 Å². The summed E-state index contributed by atoms with van der Waals surface area (Å²) in [6.07, 6.45) is 37.8. The van der Waals surface area contributed by atoms with Crippen LogP contribution in [0.4, 0.5) is 0 Å². The lowest BCUT2D eigenvalue weighted by atomic mass is 10.0. The van der Waals surface area contributed by atoms with E-state index in [0.29, 0.717) is 0 Å². The molecule has 0 fully saturated rings. The molecule has 0 radical (unpaired) electrons. The average Bonchev–Trinajstić information content (AvgIpc) is 2.74. The Morgan fingerprint density at radius 1 is 0.300 bits per heavy atom. The highest BCUT2D eigenvalue weighted by molar-refractivity contribution is 8.93. The molecule has 0 heterocycles. The smallest absolute Gasteiger partial charge is 0.00773 e. The van der Waals surface area contributed by atoms with Gasteiger partial charge in [0.2, 0.25) is 0 Å². The van der Waals surface area contributed by atoms with Crippen molar-refractivity contribution in [1.29, 1.82) is 0 Å². The Labute approximate surface area is 202 Å². The van der Waals surface area contributed by atoms with Crippen molar-refractivity contribution < 1.29 is 0 Å². The zero-order chi connectivity index (χ0) is 21.1. The third-order valence-electron chi connectivity index (χ3n) is 6.56. The van der Waals surface area contributed by atoms with Gasteiger partial charge >= 0.3 is 0 Å². The second-order valence-corrected chi connectivity index (χ2v) is 9.63. The normalized spacial score (nSPS) is 11.0. The van der Waals surface area contributed by atoms with Crippen LogP contribution in [0.5, 0.6) is 0 Å². The first-order valence-electron chi connectivity index (χ1n) is 14.1. The summed E-state index contributed by atoms with van der Waals surface area (Å²) in [5, 5.41) is 0. The first-order valence-corrected chi connectivity index (χ1v) is 14.1. The van der Waals surface area contributed by atoms with Gasteiger partial charge in [-0.3, -0.25) is 0 Å². The lowest BCUT2D eigenvalue weighted by Crippen LogP contribution is -1.97. The van der Waals surface area contributed by atoms with E-state index in [-0.39, 0.29) is 17.0 Å². The fraction of sp³-hybridized carbons (Fsp3) is 1.00. The third-order valence-corrected chi connectivity index (χ3v) is 6.56. The average molecular weight is 491 g/mol. The molecule has 2 N–H and O–H groups in total. The van der Waals surface area contributed by atoms with Crippen molar-refractivity contribution >= 4 is 17.0 Å². The molecule has 0 aliphatic rings. The molecule has 0 amide bonds. The van der Waals surface area contributed by atoms with Crippen molar-refractivity contribution in [2.24, 2.45) is 5.73 Å². The molecular formula is C28H60BrN. The first-order chi connectivity index (χ1) is 14.4. The SMILES string of the molecule is Br.CCCCCCCCCCCCCCCCCCCCCCCCCCCCN. The molecule has 2 heteroatoms. The lowest BCUT2D eigenvalue weighted by Gasteiger charge is -2.04. The van der Waals surface area contributed by atoms with Crippen molar-refractivity contribution in [3.8, 4) is 0 Å². The van der Waals surface area contributed by atoms with Gasteiger partial charge in [0.05, 0.1) is 0 Å². The molecule has 0 aromatic rings. The lowest BCUT2D eigenvalue weighted by molar-refractivity contribution is 0.515. The van der Waals surface area contributed by atoms with Crippen LogP contribution < -0.4 is 5.73 Å². The second kappa shape index (κ2) is 31.6. The monoisotopic (exact) mass is 489 g/mol. The van der Waals surface area contributed by atoms with Gasteiger partial charge in [0, 0.05) is 0 Å². The molecule has 184 valence electrons. The van der Waals surface area contributed by atoms with Crippen LogP contribution in [0.1, 0.15) is 174 Å². The Morgan fingerprint density at radius 3 is 0.633 bits per heavy atom. The highest BCUT2D eigenvalue weighted by atomic mass is 79.9. The minimum atomic E-state index is 0. The molecule has 0 saturated carbocycles. The molecule has 0 rings (SSSR count). The van der Waals surface area contributed by atoms with Gasteiger partial charge in [-0.05, 0) is 13.0 Å². The second-order valence-electron chi connectivity index (χ2n) is 9.63. The number of hydrogen-bond donors (Lipinski definition) is 1. The topological polar surface area (TPSA) is 26.0 Å². The Bertz CT molecular complexity index is 243. The molecule has 0 bridgehead atoms. The van der Waals surface area contributed by atoms with Crippen molar-refractivity contribution in [3.63, 3.8) is 0 Å². The minimum Gasteiger partial charge on any atom is -0.330 e. The Kier molecular flexibility index (Phi) is 34.4. The van der Waals surface area contributed by atoms with Gasteiger partial charge in [0.25, 0.3) is 0 Å². The molecule has 1 nitrogen and oxygen atoms in total. The summed E-state index contributed by atoms with van der Waals surface area (Å²) >= 11 is 0. The molecule has 0 atom stereocenters. The predicted octanol–water partition coefficient (Wildman–Crippen LogP) is 10.7. The van der Waals surface area contributed by atoms with Gasteiger partial charge in [0.1, 0.15) is 0 Å². The van der Waals surface area contributed by atoms with Crippen LogP contribution in [0.2, 0.25) is 0 Å². The summed E-state index contributed by atoms with van der Waals surface area (Å²) in [6.45, 7) is 3.18. The zero-order valence-electron chi connectivity index (χ0n) is 21.1. The summed E-state index contributed by atoms with van der Waals surface area (Å²) in [6, 6.07) is 0. The van der Waals surface area contributed by atoms with Crippen LogP contribution in [-0.4, -0.2) is 6.54 Å². The van der Waals surface area contributed by atoms with Crippen molar-refractivity contribution in [3.05, 3.63) is 0 Å². The van der Waals surface area contributed by atoms with E-state index in [1.54, 1.807) is 0 Å². The summed E-state index contributed by atoms with van der Waals surface area (Å²) < 4.78 is 0. The van der Waals surface area contributed by atoms with E-state index in [1.165, 1.54) is 167 Å². The third kappa shape index (κ3) is 30.6. The highest BCUT2D eigenvalue weighted by Crippen LogP contribution is 2.15. The molecule has 0 saturated heterocycles. The molecule has 0 spiro atoms. The Balaban J connectivity index is 0. The van der Waals surface area contributed by atoms with Gasteiger partial charge in [-0.2, -0.15) is 0 Å². The van der Waals surface area contributed by atoms with E-state index >= 15 is 0 Å². The predicted molar refractivity (Wildman–Crippen MR) is 145 cm³/mol. The minimum absolute atomic E-state index is 0.